The lowest BCUT2D eigenvalue weighted by atomic mass is 10.1. The van der Waals surface area contributed by atoms with Crippen LogP contribution in [0.25, 0.3) is 0 Å². The predicted molar refractivity (Wildman–Crippen MR) is 82.7 cm³/mol. The van der Waals surface area contributed by atoms with Crippen LogP contribution in [-0.4, -0.2) is 13.1 Å². The third kappa shape index (κ3) is 3.75. The van der Waals surface area contributed by atoms with E-state index in [9.17, 15) is 4.79 Å². The molecule has 0 radical (unpaired) electrons. The second-order valence-corrected chi connectivity index (χ2v) is 4.74. The van der Waals surface area contributed by atoms with Crippen LogP contribution in [0.5, 0.6) is 11.5 Å². The maximum atomic E-state index is 11.5. The molecule has 0 aliphatic carbocycles. The number of methoxy groups -OCH3 is 1. The van der Waals surface area contributed by atoms with Crippen LogP contribution in [0, 0.1) is 0 Å². The zero-order valence-corrected chi connectivity index (χ0v) is 12.3. The molecule has 4 heteroatoms. The molecule has 0 heterocycles. The molecule has 0 spiro atoms. The van der Waals surface area contributed by atoms with Gasteiger partial charge in [0.25, 0.3) is 0 Å². The van der Waals surface area contributed by atoms with Gasteiger partial charge >= 0.3 is 5.97 Å². The normalized spacial score (nSPS) is 10.2. The Morgan fingerprint density at radius 1 is 1.14 bits per heavy atom. The summed E-state index contributed by atoms with van der Waals surface area (Å²) in [5, 5.41) is 0. The van der Waals surface area contributed by atoms with Gasteiger partial charge < -0.3 is 15.2 Å². The first kappa shape index (κ1) is 14.9. The largest absolute Gasteiger partial charge is 0.465 e. The SMILES string of the molecule is CCCc1ccc(Oc2cc(C(=O)OC)ccc2N)cc1. The summed E-state index contributed by atoms with van der Waals surface area (Å²) in [5.74, 6) is 0.711. The van der Waals surface area contributed by atoms with Crippen molar-refractivity contribution >= 4 is 11.7 Å². The zero-order valence-electron chi connectivity index (χ0n) is 12.3. The van der Waals surface area contributed by atoms with E-state index in [1.807, 2.05) is 24.3 Å². The number of benzene rings is 2. The molecule has 2 aromatic carbocycles. The van der Waals surface area contributed by atoms with Crippen molar-refractivity contribution in [1.29, 1.82) is 0 Å². The molecule has 2 aromatic rings. The summed E-state index contributed by atoms with van der Waals surface area (Å²) < 4.78 is 10.4. The van der Waals surface area contributed by atoms with E-state index in [4.69, 9.17) is 10.5 Å². The first-order valence-electron chi connectivity index (χ1n) is 6.88. The van der Waals surface area contributed by atoms with E-state index in [1.54, 1.807) is 18.2 Å². The van der Waals surface area contributed by atoms with Gasteiger partial charge in [0, 0.05) is 0 Å². The summed E-state index contributed by atoms with van der Waals surface area (Å²) in [6, 6.07) is 12.7. The molecule has 0 aliphatic heterocycles. The van der Waals surface area contributed by atoms with Crippen molar-refractivity contribution in [1.82, 2.24) is 0 Å². The zero-order chi connectivity index (χ0) is 15.2. The van der Waals surface area contributed by atoms with Crippen LogP contribution in [0.1, 0.15) is 29.3 Å². The minimum atomic E-state index is -0.418. The Hall–Kier alpha value is -2.49. The molecular weight excluding hydrogens is 266 g/mol. The fourth-order valence-corrected chi connectivity index (χ4v) is 2.01. The highest BCUT2D eigenvalue weighted by Crippen LogP contribution is 2.29. The van der Waals surface area contributed by atoms with Gasteiger partial charge in [-0.1, -0.05) is 25.5 Å². The van der Waals surface area contributed by atoms with Gasteiger partial charge in [-0.05, 0) is 42.3 Å². The van der Waals surface area contributed by atoms with E-state index >= 15 is 0 Å². The predicted octanol–water partition coefficient (Wildman–Crippen LogP) is 3.80. The summed E-state index contributed by atoms with van der Waals surface area (Å²) in [5.41, 5.74) is 8.02. The number of nitrogens with two attached hydrogens (primary N) is 1. The molecule has 4 nitrogen and oxygen atoms in total. The standard InChI is InChI=1S/C17H19NO3/c1-3-4-12-5-8-14(9-6-12)21-16-11-13(17(19)20-2)7-10-15(16)18/h5-11H,3-4,18H2,1-2H3. The minimum Gasteiger partial charge on any atom is -0.465 e. The Labute approximate surface area is 124 Å². The molecule has 0 unspecified atom stereocenters. The van der Waals surface area contributed by atoms with Crippen LogP contribution in [0.15, 0.2) is 42.5 Å². The Kier molecular flexibility index (Phi) is 4.82. The number of aryl methyl sites for hydroxylation is 1. The van der Waals surface area contributed by atoms with E-state index in [2.05, 4.69) is 11.7 Å². The molecule has 2 rings (SSSR count). The van der Waals surface area contributed by atoms with Gasteiger partial charge in [-0.15, -0.1) is 0 Å². The van der Waals surface area contributed by atoms with Crippen molar-refractivity contribution in [2.75, 3.05) is 12.8 Å². The van der Waals surface area contributed by atoms with Crippen LogP contribution in [0.4, 0.5) is 5.69 Å². The smallest absolute Gasteiger partial charge is 0.337 e. The summed E-state index contributed by atoms with van der Waals surface area (Å²) in [6.07, 6.45) is 2.15. The second kappa shape index (κ2) is 6.79. The number of ether oxygens (including phenoxy) is 2. The molecule has 0 aliphatic rings. The Morgan fingerprint density at radius 3 is 2.48 bits per heavy atom. The third-order valence-corrected chi connectivity index (χ3v) is 3.12. The molecular formula is C17H19NO3. The van der Waals surface area contributed by atoms with Crippen LogP contribution < -0.4 is 10.5 Å². The van der Waals surface area contributed by atoms with Gasteiger partial charge in [0.2, 0.25) is 0 Å². The summed E-state index contributed by atoms with van der Waals surface area (Å²) >= 11 is 0. The highest BCUT2D eigenvalue weighted by atomic mass is 16.5. The fourth-order valence-electron chi connectivity index (χ4n) is 2.01. The average Bonchev–Trinajstić information content (AvgIpc) is 2.51. The molecule has 21 heavy (non-hydrogen) atoms. The Morgan fingerprint density at radius 2 is 1.86 bits per heavy atom. The lowest BCUT2D eigenvalue weighted by Gasteiger charge is -2.10. The number of anilines is 1. The van der Waals surface area contributed by atoms with Crippen LogP contribution >= 0.6 is 0 Å². The van der Waals surface area contributed by atoms with Gasteiger partial charge in [0.15, 0.2) is 5.75 Å². The summed E-state index contributed by atoms with van der Waals surface area (Å²) in [4.78, 5) is 11.5. The third-order valence-electron chi connectivity index (χ3n) is 3.12. The van der Waals surface area contributed by atoms with Crippen LogP contribution in [0.3, 0.4) is 0 Å². The van der Waals surface area contributed by atoms with Crippen molar-refractivity contribution in [2.24, 2.45) is 0 Å². The van der Waals surface area contributed by atoms with E-state index in [0.717, 1.165) is 12.8 Å². The number of hydrogen-bond acceptors (Lipinski definition) is 4. The lowest BCUT2D eigenvalue weighted by Crippen LogP contribution is -2.02. The second-order valence-electron chi connectivity index (χ2n) is 4.74. The highest BCUT2D eigenvalue weighted by Gasteiger charge is 2.10. The number of carbonyl (C=O) groups is 1. The minimum absolute atomic E-state index is 0.407. The van der Waals surface area contributed by atoms with Gasteiger partial charge in [-0.3, -0.25) is 0 Å². The number of esters is 1. The van der Waals surface area contributed by atoms with Gasteiger partial charge in [0.1, 0.15) is 5.75 Å². The maximum Gasteiger partial charge on any atom is 0.337 e. The molecule has 2 N–H and O–H groups in total. The molecule has 110 valence electrons. The number of nitrogen functional groups attached to an aromatic ring is 1. The van der Waals surface area contributed by atoms with Crippen LogP contribution in [-0.2, 0) is 11.2 Å². The monoisotopic (exact) mass is 285 g/mol. The van der Waals surface area contributed by atoms with Crippen molar-refractivity contribution < 1.29 is 14.3 Å². The Balaban J connectivity index is 2.20. The van der Waals surface area contributed by atoms with E-state index in [0.29, 0.717) is 22.7 Å². The molecule has 0 aromatic heterocycles. The summed E-state index contributed by atoms with van der Waals surface area (Å²) in [6.45, 7) is 2.14. The molecule has 0 atom stereocenters. The highest BCUT2D eigenvalue weighted by molar-refractivity contribution is 5.90. The number of rotatable bonds is 5. The topological polar surface area (TPSA) is 61.5 Å². The molecule has 0 bridgehead atoms. The fraction of sp³-hybridized carbons (Fsp3) is 0.235. The quantitative estimate of drug-likeness (QED) is 0.670. The van der Waals surface area contributed by atoms with Gasteiger partial charge in [0.05, 0.1) is 18.4 Å². The van der Waals surface area contributed by atoms with Crippen LogP contribution in [0.2, 0.25) is 0 Å². The van der Waals surface area contributed by atoms with Crippen molar-refractivity contribution in [3.05, 3.63) is 53.6 Å². The molecule has 0 amide bonds. The van der Waals surface area contributed by atoms with E-state index in [-0.39, 0.29) is 0 Å². The van der Waals surface area contributed by atoms with Crippen molar-refractivity contribution in [3.63, 3.8) is 0 Å². The lowest BCUT2D eigenvalue weighted by molar-refractivity contribution is 0.0600. The van der Waals surface area contributed by atoms with Gasteiger partial charge in [-0.25, -0.2) is 4.79 Å². The molecule has 0 saturated carbocycles. The summed E-state index contributed by atoms with van der Waals surface area (Å²) in [7, 11) is 1.34. The maximum absolute atomic E-state index is 11.5. The molecule has 0 saturated heterocycles. The van der Waals surface area contributed by atoms with Crippen molar-refractivity contribution in [2.45, 2.75) is 19.8 Å². The first-order chi connectivity index (χ1) is 10.1. The van der Waals surface area contributed by atoms with Crippen molar-refractivity contribution in [3.8, 4) is 11.5 Å². The average molecular weight is 285 g/mol. The first-order valence-corrected chi connectivity index (χ1v) is 6.88. The van der Waals surface area contributed by atoms with Gasteiger partial charge in [-0.2, -0.15) is 0 Å². The Bertz CT molecular complexity index is 620. The molecule has 0 fully saturated rings. The van der Waals surface area contributed by atoms with E-state index < -0.39 is 5.97 Å². The van der Waals surface area contributed by atoms with E-state index in [1.165, 1.54) is 12.7 Å². The number of hydrogen-bond donors (Lipinski definition) is 1. The number of carbonyl (C=O) groups excluding carboxylic acids is 1.